The Kier molecular flexibility index (Phi) is 2.80. The Hall–Kier alpha value is -1.60. The molecule has 0 unspecified atom stereocenters. The molecule has 2 rings (SSSR count). The number of hydrogen-bond donors (Lipinski definition) is 1. The standard InChI is InChI=1S/C12H11F2NO/c1-2-10-11(13)5-8(6-12(10)14)15-4-3-9(16)7-15/h1,5-6,9,16H,3-4,7H2/t9-/m1/s1. The van der Waals surface area contributed by atoms with Gasteiger partial charge in [0, 0.05) is 18.8 Å². The first-order valence-corrected chi connectivity index (χ1v) is 5.00. The van der Waals surface area contributed by atoms with Crippen molar-refractivity contribution in [3.05, 3.63) is 29.3 Å². The van der Waals surface area contributed by atoms with Crippen LogP contribution in [-0.4, -0.2) is 24.3 Å². The van der Waals surface area contributed by atoms with E-state index in [1.54, 1.807) is 4.90 Å². The quantitative estimate of drug-likeness (QED) is 0.730. The zero-order chi connectivity index (χ0) is 11.7. The van der Waals surface area contributed by atoms with Crippen LogP contribution < -0.4 is 4.90 Å². The molecule has 0 spiro atoms. The van der Waals surface area contributed by atoms with Crippen LogP contribution in [0.15, 0.2) is 12.1 Å². The topological polar surface area (TPSA) is 23.5 Å². The van der Waals surface area contributed by atoms with Crippen LogP contribution in [0.25, 0.3) is 0 Å². The summed E-state index contributed by atoms with van der Waals surface area (Å²) >= 11 is 0. The van der Waals surface area contributed by atoms with Gasteiger partial charge >= 0.3 is 0 Å². The van der Waals surface area contributed by atoms with Crippen LogP contribution in [0, 0.1) is 24.0 Å². The summed E-state index contributed by atoms with van der Waals surface area (Å²) in [6, 6.07) is 2.41. The fraction of sp³-hybridized carbons (Fsp3) is 0.333. The normalized spacial score (nSPS) is 19.9. The van der Waals surface area contributed by atoms with Gasteiger partial charge in [-0.25, -0.2) is 8.78 Å². The van der Waals surface area contributed by atoms with E-state index < -0.39 is 17.7 Å². The van der Waals surface area contributed by atoms with Gasteiger partial charge in [0.15, 0.2) is 0 Å². The number of halogens is 2. The zero-order valence-corrected chi connectivity index (χ0v) is 8.58. The minimum absolute atomic E-state index is 0.344. The Morgan fingerprint density at radius 3 is 2.44 bits per heavy atom. The molecule has 0 radical (unpaired) electrons. The molecule has 0 saturated carbocycles. The van der Waals surface area contributed by atoms with Gasteiger partial charge in [0.2, 0.25) is 0 Å². The maximum Gasteiger partial charge on any atom is 0.143 e. The number of terminal acetylenes is 1. The van der Waals surface area contributed by atoms with Gasteiger partial charge in [0.25, 0.3) is 0 Å². The van der Waals surface area contributed by atoms with Crippen LogP contribution in [0.4, 0.5) is 14.5 Å². The molecule has 1 aliphatic heterocycles. The van der Waals surface area contributed by atoms with E-state index >= 15 is 0 Å². The van der Waals surface area contributed by atoms with Crippen molar-refractivity contribution in [2.24, 2.45) is 0 Å². The highest BCUT2D eigenvalue weighted by Crippen LogP contribution is 2.24. The molecule has 1 N–H and O–H groups in total. The van der Waals surface area contributed by atoms with Crippen molar-refractivity contribution >= 4 is 5.69 Å². The number of aliphatic hydroxyl groups is 1. The van der Waals surface area contributed by atoms with Crippen LogP contribution in [-0.2, 0) is 0 Å². The third-order valence-electron chi connectivity index (χ3n) is 2.70. The third-order valence-corrected chi connectivity index (χ3v) is 2.70. The van der Waals surface area contributed by atoms with Crippen LogP contribution >= 0.6 is 0 Å². The highest BCUT2D eigenvalue weighted by Gasteiger charge is 2.22. The van der Waals surface area contributed by atoms with Gasteiger partial charge in [0.05, 0.1) is 11.7 Å². The van der Waals surface area contributed by atoms with Crippen molar-refractivity contribution in [2.75, 3.05) is 18.0 Å². The molecule has 84 valence electrons. The lowest BCUT2D eigenvalue weighted by atomic mass is 10.1. The molecule has 4 heteroatoms. The van der Waals surface area contributed by atoms with Gasteiger partial charge in [0.1, 0.15) is 11.6 Å². The summed E-state index contributed by atoms with van der Waals surface area (Å²) in [5, 5.41) is 9.34. The molecule has 0 aromatic heterocycles. The van der Waals surface area contributed by atoms with Gasteiger partial charge in [-0.15, -0.1) is 6.42 Å². The van der Waals surface area contributed by atoms with E-state index in [2.05, 4.69) is 0 Å². The molecule has 1 aromatic carbocycles. The van der Waals surface area contributed by atoms with Crippen LogP contribution in [0.2, 0.25) is 0 Å². The molecule has 1 saturated heterocycles. The second-order valence-electron chi connectivity index (χ2n) is 3.82. The Balaban J connectivity index is 2.34. The summed E-state index contributed by atoms with van der Waals surface area (Å²) < 4.78 is 26.8. The van der Waals surface area contributed by atoms with E-state index in [0.717, 1.165) is 0 Å². The largest absolute Gasteiger partial charge is 0.391 e. The Morgan fingerprint density at radius 2 is 2.00 bits per heavy atom. The van der Waals surface area contributed by atoms with Gasteiger partial charge in [-0.2, -0.15) is 0 Å². The first kappa shape index (κ1) is 10.9. The summed E-state index contributed by atoms with van der Waals surface area (Å²) in [6.07, 6.45) is 5.17. The highest BCUT2D eigenvalue weighted by molar-refractivity contribution is 5.52. The fourth-order valence-electron chi connectivity index (χ4n) is 1.86. The second-order valence-corrected chi connectivity index (χ2v) is 3.82. The number of benzene rings is 1. The molecule has 1 aromatic rings. The van der Waals surface area contributed by atoms with Gasteiger partial charge in [-0.05, 0) is 18.6 Å². The Labute approximate surface area is 92.5 Å². The third kappa shape index (κ3) is 1.86. The molecule has 0 amide bonds. The number of aliphatic hydroxyl groups excluding tert-OH is 1. The molecule has 1 fully saturated rings. The lowest BCUT2D eigenvalue weighted by molar-refractivity contribution is 0.198. The maximum atomic E-state index is 13.4. The summed E-state index contributed by atoms with van der Waals surface area (Å²) in [6.45, 7) is 0.990. The van der Waals surface area contributed by atoms with Gasteiger partial charge < -0.3 is 10.0 Å². The van der Waals surface area contributed by atoms with Crippen LogP contribution in [0.1, 0.15) is 12.0 Å². The molecule has 1 aliphatic rings. The SMILES string of the molecule is C#Cc1c(F)cc(N2CC[C@@H](O)C2)cc1F. The average molecular weight is 223 g/mol. The molecule has 0 aliphatic carbocycles. The van der Waals surface area contributed by atoms with Gasteiger partial charge in [-0.3, -0.25) is 0 Å². The maximum absolute atomic E-state index is 13.4. The van der Waals surface area contributed by atoms with Crippen molar-refractivity contribution in [1.82, 2.24) is 0 Å². The Bertz CT molecular complexity index is 430. The molecule has 2 nitrogen and oxygen atoms in total. The number of hydrogen-bond acceptors (Lipinski definition) is 2. The highest BCUT2D eigenvalue weighted by atomic mass is 19.1. The first-order chi connectivity index (χ1) is 7.61. The van der Waals surface area contributed by atoms with Crippen LogP contribution in [0.5, 0.6) is 0 Å². The summed E-state index contributed by atoms with van der Waals surface area (Å²) in [5.74, 6) is 0.498. The lowest BCUT2D eigenvalue weighted by Crippen LogP contribution is -2.21. The molecular formula is C12H11F2NO. The predicted octanol–water partition coefficient (Wildman–Crippen LogP) is 1.52. The molecule has 16 heavy (non-hydrogen) atoms. The summed E-state index contributed by atoms with van der Waals surface area (Å²) in [4.78, 5) is 1.73. The monoisotopic (exact) mass is 223 g/mol. The van der Waals surface area contributed by atoms with Crippen molar-refractivity contribution in [2.45, 2.75) is 12.5 Å². The number of anilines is 1. The van der Waals surface area contributed by atoms with Crippen molar-refractivity contribution in [3.63, 3.8) is 0 Å². The van der Waals surface area contributed by atoms with E-state index in [9.17, 15) is 13.9 Å². The van der Waals surface area contributed by atoms with Crippen molar-refractivity contribution < 1.29 is 13.9 Å². The molecular weight excluding hydrogens is 212 g/mol. The molecule has 1 atom stereocenters. The minimum atomic E-state index is -0.737. The first-order valence-electron chi connectivity index (χ1n) is 5.00. The van der Waals surface area contributed by atoms with Crippen molar-refractivity contribution in [3.8, 4) is 12.3 Å². The smallest absolute Gasteiger partial charge is 0.143 e. The van der Waals surface area contributed by atoms with E-state index in [0.29, 0.717) is 25.2 Å². The zero-order valence-electron chi connectivity index (χ0n) is 8.58. The van der Waals surface area contributed by atoms with E-state index in [1.165, 1.54) is 12.1 Å². The van der Waals surface area contributed by atoms with E-state index in [-0.39, 0.29) is 5.56 Å². The van der Waals surface area contributed by atoms with E-state index in [1.807, 2.05) is 5.92 Å². The number of nitrogens with zero attached hydrogens (tertiary/aromatic N) is 1. The average Bonchev–Trinajstić information content (AvgIpc) is 2.64. The lowest BCUT2D eigenvalue weighted by Gasteiger charge is -2.18. The summed E-state index contributed by atoms with van der Waals surface area (Å²) in [5.41, 5.74) is 0.0778. The van der Waals surface area contributed by atoms with Crippen molar-refractivity contribution in [1.29, 1.82) is 0 Å². The second kappa shape index (κ2) is 4.11. The van der Waals surface area contributed by atoms with Crippen LogP contribution in [0.3, 0.4) is 0 Å². The number of rotatable bonds is 1. The van der Waals surface area contributed by atoms with E-state index in [4.69, 9.17) is 6.42 Å². The summed E-state index contributed by atoms with van der Waals surface area (Å²) in [7, 11) is 0. The van der Waals surface area contributed by atoms with Gasteiger partial charge in [-0.1, -0.05) is 5.92 Å². The Morgan fingerprint density at radius 1 is 1.38 bits per heavy atom. The minimum Gasteiger partial charge on any atom is -0.391 e. The number of β-amino-alcohol motifs (C(OH)–C–C–N with tert-alkyl or cyclic N) is 1. The predicted molar refractivity (Wildman–Crippen MR) is 57.1 cm³/mol. The fourth-order valence-corrected chi connectivity index (χ4v) is 1.86. The molecule has 0 bridgehead atoms. The molecule has 1 heterocycles.